The highest BCUT2D eigenvalue weighted by Crippen LogP contribution is 2.37. The first kappa shape index (κ1) is 11.9. The number of aromatic hydroxyl groups is 1. The maximum atomic E-state index is 13.7. The molecule has 3 nitrogen and oxygen atoms in total. The predicted molar refractivity (Wildman–Crippen MR) is 66.0 cm³/mol. The molecule has 3 aromatic rings. The molecule has 19 heavy (non-hydrogen) atoms. The summed E-state index contributed by atoms with van der Waals surface area (Å²) >= 11 is 5.85. The van der Waals surface area contributed by atoms with Crippen LogP contribution in [0.1, 0.15) is 0 Å². The molecular weight excluding hydrogens is 276 g/mol. The van der Waals surface area contributed by atoms with Gasteiger partial charge in [0.1, 0.15) is 28.1 Å². The maximum absolute atomic E-state index is 13.7. The molecule has 0 unspecified atom stereocenters. The Balaban J connectivity index is 2.32. The molecule has 0 aliphatic rings. The second kappa shape index (κ2) is 4.20. The Morgan fingerprint density at radius 2 is 1.95 bits per heavy atom. The minimum atomic E-state index is -0.624. The molecule has 0 atom stereocenters. The van der Waals surface area contributed by atoms with Crippen molar-refractivity contribution in [1.29, 1.82) is 0 Å². The highest BCUT2D eigenvalue weighted by atomic mass is 35.5. The van der Waals surface area contributed by atoms with Gasteiger partial charge in [0.2, 0.25) is 0 Å². The van der Waals surface area contributed by atoms with Crippen LogP contribution in [0.3, 0.4) is 0 Å². The van der Waals surface area contributed by atoms with E-state index in [0.29, 0.717) is 5.39 Å². The minimum absolute atomic E-state index is 0.0203. The third-order valence-corrected chi connectivity index (χ3v) is 3.11. The van der Waals surface area contributed by atoms with E-state index in [0.717, 1.165) is 18.2 Å². The monoisotopic (exact) mass is 281 g/mol. The summed E-state index contributed by atoms with van der Waals surface area (Å²) in [4.78, 5) is 0. The van der Waals surface area contributed by atoms with Gasteiger partial charge in [-0.05, 0) is 30.3 Å². The third kappa shape index (κ3) is 1.82. The van der Waals surface area contributed by atoms with Crippen molar-refractivity contribution < 1.29 is 18.4 Å². The van der Waals surface area contributed by atoms with Gasteiger partial charge in [0.25, 0.3) is 0 Å². The zero-order valence-electron chi connectivity index (χ0n) is 9.32. The number of hydrogen-bond donors (Lipinski definition) is 1. The Morgan fingerprint density at radius 1 is 1.16 bits per heavy atom. The van der Waals surface area contributed by atoms with Crippen molar-refractivity contribution in [3.8, 4) is 17.0 Å². The Labute approximate surface area is 111 Å². The second-order valence-corrected chi connectivity index (χ2v) is 4.31. The lowest BCUT2D eigenvalue weighted by Gasteiger charge is -2.00. The Kier molecular flexibility index (Phi) is 2.64. The van der Waals surface area contributed by atoms with Crippen LogP contribution >= 0.6 is 11.6 Å². The summed E-state index contributed by atoms with van der Waals surface area (Å²) in [5.41, 5.74) is 0.231. The number of nitrogens with zero attached hydrogens (tertiary/aromatic N) is 1. The molecule has 96 valence electrons. The number of rotatable bonds is 1. The van der Waals surface area contributed by atoms with Gasteiger partial charge in [-0.1, -0.05) is 16.8 Å². The highest BCUT2D eigenvalue weighted by Gasteiger charge is 2.18. The molecule has 0 fully saturated rings. The molecular formula is C13H6ClF2NO2. The minimum Gasteiger partial charge on any atom is -0.506 e. The molecule has 0 saturated carbocycles. The Morgan fingerprint density at radius 3 is 2.74 bits per heavy atom. The lowest BCUT2D eigenvalue weighted by molar-refractivity contribution is 0.451. The predicted octanol–water partition coefficient (Wildman–Crippen LogP) is 4.13. The Hall–Kier alpha value is -2.14. The van der Waals surface area contributed by atoms with Crippen molar-refractivity contribution in [3.63, 3.8) is 0 Å². The topological polar surface area (TPSA) is 46.3 Å². The van der Waals surface area contributed by atoms with Crippen LogP contribution < -0.4 is 0 Å². The molecule has 0 aliphatic heterocycles. The molecule has 0 saturated heterocycles. The molecule has 6 heteroatoms. The van der Waals surface area contributed by atoms with Gasteiger partial charge < -0.3 is 9.63 Å². The van der Waals surface area contributed by atoms with Gasteiger partial charge in [-0.15, -0.1) is 0 Å². The molecule has 3 rings (SSSR count). The van der Waals surface area contributed by atoms with Crippen molar-refractivity contribution in [2.24, 2.45) is 0 Å². The molecule has 2 aromatic carbocycles. The molecule has 0 amide bonds. The van der Waals surface area contributed by atoms with E-state index in [1.807, 2.05) is 0 Å². The number of benzene rings is 2. The number of halogens is 3. The summed E-state index contributed by atoms with van der Waals surface area (Å²) in [6, 6.07) is 5.86. The summed E-state index contributed by atoms with van der Waals surface area (Å²) in [6.45, 7) is 0. The highest BCUT2D eigenvalue weighted by molar-refractivity contribution is 6.36. The number of fused-ring (bicyclic) bond motifs is 1. The third-order valence-electron chi connectivity index (χ3n) is 2.74. The summed E-state index contributed by atoms with van der Waals surface area (Å²) in [6.07, 6.45) is 0. The fourth-order valence-corrected chi connectivity index (χ4v) is 2.03. The summed E-state index contributed by atoms with van der Waals surface area (Å²) in [5, 5.41) is 13.5. The summed E-state index contributed by atoms with van der Waals surface area (Å²) in [7, 11) is 0. The quantitative estimate of drug-likeness (QED) is 0.729. The first-order chi connectivity index (χ1) is 9.08. The fraction of sp³-hybridized carbons (Fsp3) is 0. The smallest absolute Gasteiger partial charge is 0.189 e. The van der Waals surface area contributed by atoms with Crippen LogP contribution in [0, 0.1) is 11.6 Å². The van der Waals surface area contributed by atoms with Crippen molar-refractivity contribution in [1.82, 2.24) is 5.16 Å². The first-order valence-corrected chi connectivity index (χ1v) is 5.68. The van der Waals surface area contributed by atoms with Gasteiger partial charge in [-0.25, -0.2) is 8.78 Å². The molecule has 1 heterocycles. The van der Waals surface area contributed by atoms with Crippen LogP contribution in [0.25, 0.3) is 22.2 Å². The molecule has 0 radical (unpaired) electrons. The molecule has 0 bridgehead atoms. The van der Waals surface area contributed by atoms with E-state index < -0.39 is 11.6 Å². The number of aromatic nitrogens is 1. The maximum Gasteiger partial charge on any atom is 0.189 e. The number of phenolic OH excluding ortho intramolecular Hbond substituents is 1. The van der Waals surface area contributed by atoms with Crippen molar-refractivity contribution in [3.05, 3.63) is 47.0 Å². The average molecular weight is 282 g/mol. The van der Waals surface area contributed by atoms with E-state index in [9.17, 15) is 13.9 Å². The largest absolute Gasteiger partial charge is 0.506 e. The molecule has 1 aromatic heterocycles. The van der Waals surface area contributed by atoms with Crippen LogP contribution in [-0.4, -0.2) is 10.3 Å². The van der Waals surface area contributed by atoms with Gasteiger partial charge in [0.15, 0.2) is 5.58 Å². The van der Waals surface area contributed by atoms with E-state index in [4.69, 9.17) is 16.1 Å². The molecule has 0 spiro atoms. The zero-order valence-corrected chi connectivity index (χ0v) is 10.1. The van der Waals surface area contributed by atoms with Gasteiger partial charge in [0.05, 0.1) is 5.39 Å². The zero-order chi connectivity index (χ0) is 13.6. The van der Waals surface area contributed by atoms with E-state index in [-0.39, 0.29) is 27.6 Å². The van der Waals surface area contributed by atoms with Crippen LogP contribution in [-0.2, 0) is 0 Å². The first-order valence-electron chi connectivity index (χ1n) is 5.30. The van der Waals surface area contributed by atoms with E-state index in [2.05, 4.69) is 5.16 Å². The van der Waals surface area contributed by atoms with Crippen molar-refractivity contribution >= 4 is 22.6 Å². The van der Waals surface area contributed by atoms with Crippen LogP contribution in [0.2, 0.25) is 5.02 Å². The summed E-state index contributed by atoms with van der Waals surface area (Å²) in [5.74, 6) is -1.38. The SMILES string of the molecule is Oc1ccc2c(-c3cc(F)ccc3F)noc2c1Cl. The fourth-order valence-electron chi connectivity index (χ4n) is 1.84. The van der Waals surface area contributed by atoms with Gasteiger partial charge in [-0.2, -0.15) is 0 Å². The average Bonchev–Trinajstić information content (AvgIpc) is 2.81. The number of hydrogen-bond acceptors (Lipinski definition) is 3. The molecule has 0 aliphatic carbocycles. The standard InChI is InChI=1S/C13H6ClF2NO2/c14-11-10(18)4-2-7-12(17-19-13(7)11)8-5-6(15)1-3-9(8)16/h1-5,18H. The van der Waals surface area contributed by atoms with Crippen LogP contribution in [0.15, 0.2) is 34.9 Å². The van der Waals surface area contributed by atoms with Crippen molar-refractivity contribution in [2.45, 2.75) is 0 Å². The van der Waals surface area contributed by atoms with E-state index >= 15 is 0 Å². The molecule has 1 N–H and O–H groups in total. The normalized spacial score (nSPS) is 11.1. The van der Waals surface area contributed by atoms with Crippen LogP contribution in [0.5, 0.6) is 5.75 Å². The lowest BCUT2D eigenvalue weighted by Crippen LogP contribution is -1.87. The van der Waals surface area contributed by atoms with Gasteiger partial charge in [0, 0.05) is 5.56 Å². The Bertz CT molecular complexity index is 786. The second-order valence-electron chi connectivity index (χ2n) is 3.93. The van der Waals surface area contributed by atoms with Crippen LogP contribution in [0.4, 0.5) is 8.78 Å². The number of phenols is 1. The van der Waals surface area contributed by atoms with Gasteiger partial charge in [-0.3, -0.25) is 0 Å². The van der Waals surface area contributed by atoms with Crippen molar-refractivity contribution in [2.75, 3.05) is 0 Å². The lowest BCUT2D eigenvalue weighted by atomic mass is 10.1. The van der Waals surface area contributed by atoms with E-state index in [1.54, 1.807) is 0 Å². The van der Waals surface area contributed by atoms with Gasteiger partial charge >= 0.3 is 0 Å². The van der Waals surface area contributed by atoms with E-state index in [1.165, 1.54) is 12.1 Å². The summed E-state index contributed by atoms with van der Waals surface area (Å²) < 4.78 is 31.9.